The molecule has 2 bridgehead atoms. The molecule has 2 unspecified atom stereocenters. The summed E-state index contributed by atoms with van der Waals surface area (Å²) in [6.45, 7) is 3.66. The number of nitrogens with one attached hydrogen (secondary N) is 1. The van der Waals surface area contributed by atoms with Crippen LogP contribution in [0, 0.1) is 5.92 Å². The smallest absolute Gasteiger partial charge is 0.248 e. The number of hydrogen-bond acceptors (Lipinski definition) is 4. The van der Waals surface area contributed by atoms with E-state index in [2.05, 4.69) is 10.2 Å². The molecule has 0 spiro atoms. The molecule has 2 atom stereocenters. The highest BCUT2D eigenvalue weighted by Crippen LogP contribution is 2.34. The van der Waals surface area contributed by atoms with E-state index < -0.39 is 0 Å². The van der Waals surface area contributed by atoms with E-state index in [9.17, 15) is 4.79 Å². The lowest BCUT2D eigenvalue weighted by Gasteiger charge is -2.39. The van der Waals surface area contributed by atoms with Gasteiger partial charge < -0.3 is 19.7 Å². The molecule has 3 aliphatic heterocycles. The Hall–Kier alpha value is -2.01. The van der Waals surface area contributed by atoms with Gasteiger partial charge in [-0.2, -0.15) is 0 Å². The SMILES string of the molecule is C.O=C(C=C1CCN2CCCC1C2)Nc1ccc2c(c1)OCO2. The third kappa shape index (κ3) is 3.34. The van der Waals surface area contributed by atoms with Crippen molar-refractivity contribution in [3.63, 3.8) is 0 Å². The molecular weight excluding hydrogens is 292 g/mol. The van der Waals surface area contributed by atoms with Gasteiger partial charge in [-0.1, -0.05) is 13.0 Å². The number of rotatable bonds is 2. The number of fused-ring (bicyclic) bond motifs is 3. The van der Waals surface area contributed by atoms with Gasteiger partial charge in [-0.15, -0.1) is 0 Å². The summed E-state index contributed by atoms with van der Waals surface area (Å²) in [6.07, 6.45) is 5.27. The van der Waals surface area contributed by atoms with Crippen LogP contribution in [-0.4, -0.2) is 37.2 Å². The number of piperidine rings is 2. The first-order valence-corrected chi connectivity index (χ1v) is 7.91. The molecule has 5 heteroatoms. The van der Waals surface area contributed by atoms with Crippen molar-refractivity contribution in [2.75, 3.05) is 31.7 Å². The van der Waals surface area contributed by atoms with Crippen LogP contribution in [0.4, 0.5) is 5.69 Å². The largest absolute Gasteiger partial charge is 0.454 e. The molecule has 0 aromatic heterocycles. The third-order valence-corrected chi connectivity index (χ3v) is 4.70. The number of anilines is 1. The molecule has 2 saturated heterocycles. The molecule has 124 valence electrons. The number of amides is 1. The molecule has 1 N–H and O–H groups in total. The summed E-state index contributed by atoms with van der Waals surface area (Å²) >= 11 is 0. The summed E-state index contributed by atoms with van der Waals surface area (Å²) in [4.78, 5) is 14.8. The van der Waals surface area contributed by atoms with E-state index in [0.717, 1.165) is 30.9 Å². The Morgan fingerprint density at radius 2 is 2.13 bits per heavy atom. The van der Waals surface area contributed by atoms with Gasteiger partial charge in [0.15, 0.2) is 11.5 Å². The standard InChI is InChI=1S/C17H20N2O3.CH4/c20-17(8-12-5-7-19-6-1-2-13(12)10-19)18-14-3-4-15-16(9-14)22-11-21-15;/h3-4,8-9,13H,1-2,5-7,10-11H2,(H,18,20);1H4. The van der Waals surface area contributed by atoms with E-state index in [4.69, 9.17) is 9.47 Å². The molecule has 1 amide bonds. The molecule has 3 heterocycles. The topological polar surface area (TPSA) is 50.8 Å². The summed E-state index contributed by atoms with van der Waals surface area (Å²) in [6, 6.07) is 5.47. The number of carbonyl (C=O) groups is 1. The van der Waals surface area contributed by atoms with Gasteiger partial charge in [-0.05, 0) is 43.9 Å². The van der Waals surface area contributed by atoms with Gasteiger partial charge in [0.05, 0.1) is 0 Å². The fraction of sp³-hybridized carbons (Fsp3) is 0.500. The third-order valence-electron chi connectivity index (χ3n) is 4.70. The number of nitrogens with zero attached hydrogens (tertiary/aromatic N) is 1. The van der Waals surface area contributed by atoms with Crippen LogP contribution in [0.25, 0.3) is 0 Å². The fourth-order valence-electron chi connectivity index (χ4n) is 3.56. The Morgan fingerprint density at radius 3 is 3.04 bits per heavy atom. The number of hydrogen-bond donors (Lipinski definition) is 1. The molecule has 0 aliphatic carbocycles. The molecular formula is C18H24N2O3. The van der Waals surface area contributed by atoms with E-state index in [-0.39, 0.29) is 20.1 Å². The first-order valence-electron chi connectivity index (χ1n) is 7.91. The lowest BCUT2D eigenvalue weighted by molar-refractivity contribution is -0.112. The maximum absolute atomic E-state index is 12.3. The minimum absolute atomic E-state index is 0. The second kappa shape index (κ2) is 6.62. The summed E-state index contributed by atoms with van der Waals surface area (Å²) < 4.78 is 10.6. The predicted octanol–water partition coefficient (Wildman–Crippen LogP) is 3.03. The van der Waals surface area contributed by atoms with Crippen molar-refractivity contribution in [2.45, 2.75) is 26.7 Å². The Balaban J connectivity index is 0.00000156. The van der Waals surface area contributed by atoms with Crippen molar-refractivity contribution >= 4 is 11.6 Å². The van der Waals surface area contributed by atoms with Gasteiger partial charge >= 0.3 is 0 Å². The van der Waals surface area contributed by atoms with Crippen LogP contribution in [0.1, 0.15) is 26.7 Å². The van der Waals surface area contributed by atoms with Crippen molar-refractivity contribution in [1.29, 1.82) is 0 Å². The van der Waals surface area contributed by atoms with E-state index in [1.54, 1.807) is 6.08 Å². The highest BCUT2D eigenvalue weighted by Gasteiger charge is 2.27. The van der Waals surface area contributed by atoms with Crippen molar-refractivity contribution in [1.82, 2.24) is 4.90 Å². The highest BCUT2D eigenvalue weighted by molar-refractivity contribution is 6.00. The lowest BCUT2D eigenvalue weighted by Crippen LogP contribution is -2.41. The average Bonchev–Trinajstić information content (AvgIpc) is 2.98. The van der Waals surface area contributed by atoms with Crippen molar-refractivity contribution in [3.8, 4) is 11.5 Å². The van der Waals surface area contributed by atoms with Crippen LogP contribution in [0.3, 0.4) is 0 Å². The van der Waals surface area contributed by atoms with Crippen molar-refractivity contribution in [3.05, 3.63) is 29.8 Å². The molecule has 1 aromatic carbocycles. The Morgan fingerprint density at radius 1 is 1.26 bits per heavy atom. The van der Waals surface area contributed by atoms with Crippen LogP contribution in [0.15, 0.2) is 29.8 Å². The Kier molecular flexibility index (Phi) is 4.57. The number of benzene rings is 1. The van der Waals surface area contributed by atoms with Gasteiger partial charge in [0.1, 0.15) is 0 Å². The summed E-state index contributed by atoms with van der Waals surface area (Å²) in [7, 11) is 0. The maximum Gasteiger partial charge on any atom is 0.248 e. The second-order valence-corrected chi connectivity index (χ2v) is 6.17. The molecule has 23 heavy (non-hydrogen) atoms. The van der Waals surface area contributed by atoms with Crippen LogP contribution in [0.5, 0.6) is 11.5 Å². The zero-order valence-corrected chi connectivity index (χ0v) is 12.5. The normalized spacial score (nSPS) is 26.5. The number of ether oxygens (including phenoxy) is 2. The minimum atomic E-state index is -0.0483. The second-order valence-electron chi connectivity index (χ2n) is 6.17. The minimum Gasteiger partial charge on any atom is -0.454 e. The van der Waals surface area contributed by atoms with Crippen LogP contribution in [0.2, 0.25) is 0 Å². The fourth-order valence-corrected chi connectivity index (χ4v) is 3.56. The van der Waals surface area contributed by atoms with Crippen LogP contribution < -0.4 is 14.8 Å². The molecule has 4 rings (SSSR count). The highest BCUT2D eigenvalue weighted by atomic mass is 16.7. The molecule has 5 nitrogen and oxygen atoms in total. The molecule has 1 aromatic rings. The van der Waals surface area contributed by atoms with Gasteiger partial charge in [-0.25, -0.2) is 0 Å². The number of carbonyl (C=O) groups excluding carboxylic acids is 1. The summed E-state index contributed by atoms with van der Waals surface area (Å²) in [5.41, 5.74) is 2.04. The van der Waals surface area contributed by atoms with Gasteiger partial charge in [0.25, 0.3) is 0 Å². The van der Waals surface area contributed by atoms with E-state index >= 15 is 0 Å². The molecule has 3 aliphatic rings. The average molecular weight is 316 g/mol. The van der Waals surface area contributed by atoms with Crippen LogP contribution in [-0.2, 0) is 4.79 Å². The Bertz CT molecular complexity index is 627. The van der Waals surface area contributed by atoms with E-state index in [1.165, 1.54) is 25.0 Å². The van der Waals surface area contributed by atoms with Crippen LogP contribution >= 0.6 is 0 Å². The summed E-state index contributed by atoms with van der Waals surface area (Å²) in [5, 5.41) is 2.93. The first kappa shape index (κ1) is 15.9. The Labute approximate surface area is 137 Å². The van der Waals surface area contributed by atoms with Gasteiger partial charge in [0, 0.05) is 30.9 Å². The predicted molar refractivity (Wildman–Crippen MR) is 89.8 cm³/mol. The quantitative estimate of drug-likeness (QED) is 0.852. The maximum atomic E-state index is 12.3. The molecule has 0 saturated carbocycles. The molecule has 2 fully saturated rings. The summed E-state index contributed by atoms with van der Waals surface area (Å²) in [5.74, 6) is 1.93. The zero-order valence-electron chi connectivity index (χ0n) is 12.5. The zero-order chi connectivity index (χ0) is 14.9. The van der Waals surface area contributed by atoms with Gasteiger partial charge in [-0.3, -0.25) is 4.79 Å². The monoisotopic (exact) mass is 316 g/mol. The van der Waals surface area contributed by atoms with E-state index in [1.807, 2.05) is 18.2 Å². The van der Waals surface area contributed by atoms with Crippen molar-refractivity contribution < 1.29 is 14.3 Å². The van der Waals surface area contributed by atoms with E-state index in [0.29, 0.717) is 11.7 Å². The van der Waals surface area contributed by atoms with Gasteiger partial charge in [0.2, 0.25) is 12.7 Å². The van der Waals surface area contributed by atoms with Crippen molar-refractivity contribution in [2.24, 2.45) is 5.92 Å². The molecule has 0 radical (unpaired) electrons. The lowest BCUT2D eigenvalue weighted by atomic mass is 9.84. The first-order chi connectivity index (χ1) is 10.8.